The Hall–Kier alpha value is -1.11. The summed E-state index contributed by atoms with van der Waals surface area (Å²) < 4.78 is 0. The van der Waals surface area contributed by atoms with Crippen LogP contribution in [-0.2, 0) is 5.41 Å². The first-order valence-corrected chi connectivity index (χ1v) is 6.27. The third-order valence-corrected chi connectivity index (χ3v) is 3.21. The molecule has 0 saturated carbocycles. The van der Waals surface area contributed by atoms with Gasteiger partial charge in [-0.15, -0.1) is 0 Å². The summed E-state index contributed by atoms with van der Waals surface area (Å²) in [6, 6.07) is 8.87. The van der Waals surface area contributed by atoms with Crippen molar-refractivity contribution < 1.29 is 0 Å². The molecule has 0 aliphatic carbocycles. The maximum atomic E-state index is 4.17. The molecule has 1 aromatic rings. The van der Waals surface area contributed by atoms with Crippen molar-refractivity contribution in [2.45, 2.75) is 46.5 Å². The zero-order valence-corrected chi connectivity index (χ0v) is 12.0. The molecule has 0 aliphatic rings. The number of hydrogen-bond donors (Lipinski definition) is 0. The van der Waals surface area contributed by atoms with Gasteiger partial charge in [-0.25, -0.2) is 0 Å². The maximum Gasteiger partial charge on any atom is 0.0273 e. The molecule has 0 unspecified atom stereocenters. The molecule has 0 bridgehead atoms. The van der Waals surface area contributed by atoms with Crippen molar-refractivity contribution in [1.82, 2.24) is 0 Å². The number of hydrogen-bond acceptors (Lipinski definition) is 1. The van der Waals surface area contributed by atoms with Crippen LogP contribution in [0.15, 0.2) is 29.3 Å². The molecule has 0 aromatic heterocycles. The van der Waals surface area contributed by atoms with Crippen molar-refractivity contribution in [2.24, 2.45) is 10.4 Å². The van der Waals surface area contributed by atoms with Crippen LogP contribution >= 0.6 is 0 Å². The largest absolute Gasteiger partial charge is 0.300 e. The molecule has 1 rings (SSSR count). The highest BCUT2D eigenvalue weighted by atomic mass is 14.7. The fraction of sp³-hybridized carbons (Fsp3) is 0.562. The summed E-state index contributed by atoms with van der Waals surface area (Å²) in [5.41, 5.74) is 3.04. The molecule has 1 nitrogen and oxygen atoms in total. The van der Waals surface area contributed by atoms with Gasteiger partial charge in [-0.3, -0.25) is 0 Å². The van der Waals surface area contributed by atoms with Crippen molar-refractivity contribution in [3.63, 3.8) is 0 Å². The number of rotatable bonds is 4. The monoisotopic (exact) mass is 231 g/mol. The van der Waals surface area contributed by atoms with Gasteiger partial charge in [0.05, 0.1) is 0 Å². The molecule has 0 aliphatic heterocycles. The molecule has 0 radical (unpaired) electrons. The van der Waals surface area contributed by atoms with Crippen LogP contribution in [0.25, 0.3) is 0 Å². The lowest BCUT2D eigenvalue weighted by Gasteiger charge is -2.33. The Labute approximate surface area is 106 Å². The molecule has 0 fully saturated rings. The molecular formula is C16H25N. The average molecular weight is 231 g/mol. The van der Waals surface area contributed by atoms with Crippen LogP contribution in [-0.4, -0.2) is 13.3 Å². The first-order valence-electron chi connectivity index (χ1n) is 6.27. The van der Waals surface area contributed by atoms with Crippen molar-refractivity contribution in [2.75, 3.05) is 7.05 Å². The normalized spacial score (nSPS) is 13.3. The Morgan fingerprint density at radius 3 is 2.06 bits per heavy atom. The SMILES string of the molecule is C/N=C/C(C)(C)CC(C)(C)c1ccc(C)cc1. The highest BCUT2D eigenvalue weighted by Crippen LogP contribution is 2.35. The van der Waals surface area contributed by atoms with Crippen LogP contribution in [0, 0.1) is 12.3 Å². The van der Waals surface area contributed by atoms with E-state index in [0.717, 1.165) is 6.42 Å². The smallest absolute Gasteiger partial charge is 0.0273 e. The van der Waals surface area contributed by atoms with Gasteiger partial charge in [0.1, 0.15) is 0 Å². The highest BCUT2D eigenvalue weighted by molar-refractivity contribution is 5.64. The van der Waals surface area contributed by atoms with Crippen molar-refractivity contribution >= 4 is 6.21 Å². The fourth-order valence-corrected chi connectivity index (χ4v) is 2.64. The summed E-state index contributed by atoms with van der Waals surface area (Å²) in [5.74, 6) is 0. The van der Waals surface area contributed by atoms with E-state index in [4.69, 9.17) is 0 Å². The minimum atomic E-state index is 0.142. The van der Waals surface area contributed by atoms with Gasteiger partial charge >= 0.3 is 0 Å². The number of aliphatic imine (C=N–C) groups is 1. The molecule has 0 atom stereocenters. The van der Waals surface area contributed by atoms with E-state index in [-0.39, 0.29) is 10.8 Å². The molecular weight excluding hydrogens is 206 g/mol. The quantitative estimate of drug-likeness (QED) is 0.681. The van der Waals surface area contributed by atoms with Crippen LogP contribution in [0.5, 0.6) is 0 Å². The summed E-state index contributed by atoms with van der Waals surface area (Å²) in [4.78, 5) is 4.17. The second-order valence-electron chi connectivity index (χ2n) is 6.30. The van der Waals surface area contributed by atoms with E-state index in [0.29, 0.717) is 0 Å². The summed E-state index contributed by atoms with van der Waals surface area (Å²) in [6.45, 7) is 11.2. The van der Waals surface area contributed by atoms with Crippen LogP contribution in [0.1, 0.15) is 45.2 Å². The molecule has 1 heteroatoms. The van der Waals surface area contributed by atoms with Gasteiger partial charge in [-0.2, -0.15) is 0 Å². The fourth-order valence-electron chi connectivity index (χ4n) is 2.64. The standard InChI is InChI=1S/C16H25N/c1-13-7-9-14(10-8-13)16(4,5)11-15(2,3)12-17-6/h7-10,12H,11H2,1-6H3/b17-12+. The second-order valence-corrected chi connectivity index (χ2v) is 6.30. The summed E-state index contributed by atoms with van der Waals surface area (Å²) in [5, 5.41) is 0. The third kappa shape index (κ3) is 3.99. The average Bonchev–Trinajstić information content (AvgIpc) is 2.16. The Morgan fingerprint density at radius 2 is 1.59 bits per heavy atom. The van der Waals surface area contributed by atoms with E-state index in [2.05, 4.69) is 70.1 Å². The first kappa shape index (κ1) is 14.0. The predicted octanol–water partition coefficient (Wildman–Crippen LogP) is 4.39. The maximum absolute atomic E-state index is 4.17. The van der Waals surface area contributed by atoms with Gasteiger partial charge in [0, 0.05) is 18.7 Å². The minimum absolute atomic E-state index is 0.142. The Morgan fingerprint density at radius 1 is 1.06 bits per heavy atom. The van der Waals surface area contributed by atoms with Crippen LogP contribution in [0.3, 0.4) is 0 Å². The predicted molar refractivity (Wildman–Crippen MR) is 77.0 cm³/mol. The second kappa shape index (κ2) is 5.03. The molecule has 0 heterocycles. The van der Waals surface area contributed by atoms with E-state index >= 15 is 0 Å². The molecule has 0 amide bonds. The first-order chi connectivity index (χ1) is 7.77. The van der Waals surface area contributed by atoms with Crippen molar-refractivity contribution in [3.05, 3.63) is 35.4 Å². The highest BCUT2D eigenvalue weighted by Gasteiger charge is 2.28. The number of aryl methyl sites for hydroxylation is 1. The zero-order valence-electron chi connectivity index (χ0n) is 12.0. The molecule has 94 valence electrons. The summed E-state index contributed by atoms with van der Waals surface area (Å²) in [6.07, 6.45) is 3.16. The van der Waals surface area contributed by atoms with E-state index in [1.807, 2.05) is 7.05 Å². The van der Waals surface area contributed by atoms with E-state index < -0.39 is 0 Å². The number of benzene rings is 1. The van der Waals surface area contributed by atoms with E-state index in [1.54, 1.807) is 0 Å². The molecule has 0 spiro atoms. The van der Waals surface area contributed by atoms with Gasteiger partial charge in [0.2, 0.25) is 0 Å². The third-order valence-electron chi connectivity index (χ3n) is 3.21. The molecule has 0 N–H and O–H groups in total. The van der Waals surface area contributed by atoms with Gasteiger partial charge < -0.3 is 4.99 Å². The Bertz CT molecular complexity index is 382. The van der Waals surface area contributed by atoms with E-state index in [1.165, 1.54) is 11.1 Å². The van der Waals surface area contributed by atoms with Crippen molar-refractivity contribution in [3.8, 4) is 0 Å². The van der Waals surface area contributed by atoms with Crippen LogP contribution in [0.4, 0.5) is 0 Å². The molecule has 17 heavy (non-hydrogen) atoms. The van der Waals surface area contributed by atoms with E-state index in [9.17, 15) is 0 Å². The lowest BCUT2D eigenvalue weighted by molar-refractivity contribution is 0.349. The van der Waals surface area contributed by atoms with Crippen molar-refractivity contribution in [1.29, 1.82) is 0 Å². The lowest BCUT2D eigenvalue weighted by atomic mass is 9.72. The summed E-state index contributed by atoms with van der Waals surface area (Å²) in [7, 11) is 1.85. The Balaban J connectivity index is 2.91. The van der Waals surface area contributed by atoms with Gasteiger partial charge in [-0.05, 0) is 24.3 Å². The van der Waals surface area contributed by atoms with Gasteiger partial charge in [-0.1, -0.05) is 57.5 Å². The zero-order chi connectivity index (χ0) is 13.1. The molecule has 1 aromatic carbocycles. The van der Waals surface area contributed by atoms with Crippen LogP contribution < -0.4 is 0 Å². The van der Waals surface area contributed by atoms with Gasteiger partial charge in [0.15, 0.2) is 0 Å². The minimum Gasteiger partial charge on any atom is -0.300 e. The molecule has 0 saturated heterocycles. The number of nitrogens with zero attached hydrogens (tertiary/aromatic N) is 1. The topological polar surface area (TPSA) is 12.4 Å². The van der Waals surface area contributed by atoms with Gasteiger partial charge in [0.25, 0.3) is 0 Å². The Kier molecular flexibility index (Phi) is 4.13. The lowest BCUT2D eigenvalue weighted by Crippen LogP contribution is -2.27. The van der Waals surface area contributed by atoms with Crippen LogP contribution in [0.2, 0.25) is 0 Å². The summed E-state index contributed by atoms with van der Waals surface area (Å²) >= 11 is 0.